The number of carbonyl (C=O) groups excluding carboxylic acids is 2. The predicted octanol–water partition coefficient (Wildman–Crippen LogP) is 1.23. The molecule has 6 nitrogen and oxygen atoms in total. The van der Waals surface area contributed by atoms with Gasteiger partial charge in [-0.1, -0.05) is 0 Å². The van der Waals surface area contributed by atoms with Gasteiger partial charge in [0.25, 0.3) is 0 Å². The molecule has 1 saturated heterocycles. The van der Waals surface area contributed by atoms with Crippen LogP contribution in [0.3, 0.4) is 0 Å². The lowest BCUT2D eigenvalue weighted by Crippen LogP contribution is -2.40. The zero-order chi connectivity index (χ0) is 13.1. The van der Waals surface area contributed by atoms with E-state index in [2.05, 4.69) is 4.74 Å². The fourth-order valence-electron chi connectivity index (χ4n) is 2.15. The van der Waals surface area contributed by atoms with Crippen LogP contribution in [-0.2, 0) is 4.74 Å². The minimum atomic E-state index is -0.365. The van der Waals surface area contributed by atoms with Gasteiger partial charge in [0.05, 0.1) is 13.2 Å². The van der Waals surface area contributed by atoms with Crippen LogP contribution >= 0.6 is 0 Å². The van der Waals surface area contributed by atoms with Gasteiger partial charge in [-0.2, -0.15) is 0 Å². The first kappa shape index (κ1) is 12.5. The quantitative estimate of drug-likeness (QED) is 0.754. The van der Waals surface area contributed by atoms with Gasteiger partial charge in [0.2, 0.25) is 0 Å². The van der Waals surface area contributed by atoms with Gasteiger partial charge in [0.1, 0.15) is 0 Å². The van der Waals surface area contributed by atoms with Crippen molar-refractivity contribution in [3.8, 4) is 0 Å². The van der Waals surface area contributed by atoms with Crippen molar-refractivity contribution in [2.24, 2.45) is 0 Å². The zero-order valence-electron chi connectivity index (χ0n) is 10.6. The van der Waals surface area contributed by atoms with E-state index >= 15 is 0 Å². The molecule has 1 aromatic rings. The summed E-state index contributed by atoms with van der Waals surface area (Å²) < 4.78 is 6.21. The number of aromatic nitrogens is 1. The van der Waals surface area contributed by atoms with Gasteiger partial charge in [-0.3, -0.25) is 4.57 Å². The minimum absolute atomic E-state index is 0.0250. The Labute approximate surface area is 106 Å². The normalized spacial score (nSPS) is 18.8. The Morgan fingerprint density at radius 1 is 1.33 bits per heavy atom. The highest BCUT2D eigenvalue weighted by Crippen LogP contribution is 2.16. The van der Waals surface area contributed by atoms with Gasteiger partial charge in [-0.25, -0.2) is 9.59 Å². The fraction of sp³-hybridized carbons (Fsp3) is 0.500. The van der Waals surface area contributed by atoms with E-state index in [0.717, 1.165) is 6.42 Å². The standard InChI is InChI=1S/C12H17N3O3/c1-13(12(17)18-2)10-5-8-15(9-10)11(16)14-6-3-4-7-14/h3-4,6-7,10H,5,8-9H2,1-2H3/t10-/m1/s1. The molecule has 1 aliphatic rings. The average molecular weight is 251 g/mol. The molecule has 1 aromatic heterocycles. The smallest absolute Gasteiger partial charge is 0.409 e. The summed E-state index contributed by atoms with van der Waals surface area (Å²) in [4.78, 5) is 26.8. The minimum Gasteiger partial charge on any atom is -0.453 e. The van der Waals surface area contributed by atoms with Crippen LogP contribution in [0.1, 0.15) is 6.42 Å². The van der Waals surface area contributed by atoms with E-state index in [1.54, 1.807) is 33.8 Å². The molecule has 1 atom stereocenters. The molecule has 0 spiro atoms. The van der Waals surface area contributed by atoms with Crippen LogP contribution in [0.4, 0.5) is 9.59 Å². The van der Waals surface area contributed by atoms with E-state index in [1.807, 2.05) is 12.1 Å². The number of amides is 2. The SMILES string of the molecule is COC(=O)N(C)[C@@H]1CCN(C(=O)n2cccc2)C1. The largest absolute Gasteiger partial charge is 0.453 e. The first-order valence-electron chi connectivity index (χ1n) is 5.86. The Bertz CT molecular complexity index is 430. The number of ether oxygens (including phenoxy) is 1. The summed E-state index contributed by atoms with van der Waals surface area (Å²) in [6.45, 7) is 1.20. The Kier molecular flexibility index (Phi) is 3.55. The van der Waals surface area contributed by atoms with Crippen LogP contribution in [-0.4, -0.2) is 59.8 Å². The topological polar surface area (TPSA) is 54.8 Å². The predicted molar refractivity (Wildman–Crippen MR) is 65.4 cm³/mol. The molecule has 0 aromatic carbocycles. The lowest BCUT2D eigenvalue weighted by molar-refractivity contribution is 0.118. The Morgan fingerprint density at radius 2 is 2.00 bits per heavy atom. The molecule has 2 amide bonds. The van der Waals surface area contributed by atoms with Crippen molar-refractivity contribution >= 4 is 12.1 Å². The second kappa shape index (κ2) is 5.12. The average Bonchev–Trinajstić information content (AvgIpc) is 3.06. The van der Waals surface area contributed by atoms with Crippen LogP contribution in [0, 0.1) is 0 Å². The van der Waals surface area contributed by atoms with E-state index in [1.165, 1.54) is 7.11 Å². The molecule has 0 bridgehead atoms. The van der Waals surface area contributed by atoms with Crippen LogP contribution in [0.25, 0.3) is 0 Å². The summed E-state index contributed by atoms with van der Waals surface area (Å²) >= 11 is 0. The molecular formula is C12H17N3O3. The number of rotatable bonds is 1. The first-order chi connectivity index (χ1) is 8.63. The fourth-order valence-corrected chi connectivity index (χ4v) is 2.15. The summed E-state index contributed by atoms with van der Waals surface area (Å²) in [6.07, 6.45) is 3.85. The maximum absolute atomic E-state index is 12.1. The number of carbonyl (C=O) groups is 2. The third-order valence-corrected chi connectivity index (χ3v) is 3.27. The number of methoxy groups -OCH3 is 1. The molecule has 1 aliphatic heterocycles. The second-order valence-electron chi connectivity index (χ2n) is 4.34. The van der Waals surface area contributed by atoms with Gasteiger partial charge in [0, 0.05) is 32.5 Å². The van der Waals surface area contributed by atoms with E-state index in [0.29, 0.717) is 13.1 Å². The molecule has 18 heavy (non-hydrogen) atoms. The maximum atomic E-state index is 12.1. The molecule has 0 radical (unpaired) electrons. The van der Waals surface area contributed by atoms with Gasteiger partial charge in [0.15, 0.2) is 0 Å². The first-order valence-corrected chi connectivity index (χ1v) is 5.86. The van der Waals surface area contributed by atoms with Crippen molar-refractivity contribution in [1.82, 2.24) is 14.4 Å². The number of likely N-dealkylation sites (tertiary alicyclic amines) is 1. The molecular weight excluding hydrogens is 234 g/mol. The van der Waals surface area contributed by atoms with Gasteiger partial charge in [-0.05, 0) is 18.6 Å². The van der Waals surface area contributed by atoms with Crippen LogP contribution in [0.5, 0.6) is 0 Å². The highest BCUT2D eigenvalue weighted by Gasteiger charge is 2.31. The van der Waals surface area contributed by atoms with Crippen LogP contribution < -0.4 is 0 Å². The van der Waals surface area contributed by atoms with Crippen molar-refractivity contribution in [1.29, 1.82) is 0 Å². The summed E-state index contributed by atoms with van der Waals surface area (Å²) in [5.41, 5.74) is 0. The van der Waals surface area contributed by atoms with Crippen molar-refractivity contribution in [2.45, 2.75) is 12.5 Å². The molecule has 0 saturated carbocycles. The molecule has 6 heteroatoms. The molecule has 98 valence electrons. The number of likely N-dealkylation sites (N-methyl/N-ethyl adjacent to an activating group) is 1. The second-order valence-corrected chi connectivity index (χ2v) is 4.34. The van der Waals surface area contributed by atoms with Crippen molar-refractivity contribution in [2.75, 3.05) is 27.2 Å². The monoisotopic (exact) mass is 251 g/mol. The van der Waals surface area contributed by atoms with Crippen molar-refractivity contribution in [3.63, 3.8) is 0 Å². The van der Waals surface area contributed by atoms with E-state index in [9.17, 15) is 9.59 Å². The summed E-state index contributed by atoms with van der Waals surface area (Å²) in [6, 6.07) is 3.59. The van der Waals surface area contributed by atoms with E-state index < -0.39 is 0 Å². The number of hydrogen-bond donors (Lipinski definition) is 0. The molecule has 0 unspecified atom stereocenters. The molecule has 0 N–H and O–H groups in total. The van der Waals surface area contributed by atoms with Crippen molar-refractivity contribution in [3.05, 3.63) is 24.5 Å². The summed E-state index contributed by atoms with van der Waals surface area (Å²) in [5, 5.41) is 0. The molecule has 2 rings (SSSR count). The number of nitrogens with zero attached hydrogens (tertiary/aromatic N) is 3. The van der Waals surface area contributed by atoms with Gasteiger partial charge >= 0.3 is 12.1 Å². The van der Waals surface area contributed by atoms with Crippen LogP contribution in [0.2, 0.25) is 0 Å². The van der Waals surface area contributed by atoms with Gasteiger partial charge < -0.3 is 14.5 Å². The highest BCUT2D eigenvalue weighted by atomic mass is 16.5. The van der Waals surface area contributed by atoms with Gasteiger partial charge in [-0.15, -0.1) is 0 Å². The van der Waals surface area contributed by atoms with Crippen molar-refractivity contribution < 1.29 is 14.3 Å². The summed E-state index contributed by atoms with van der Waals surface area (Å²) in [5.74, 6) is 0. The number of hydrogen-bond acceptors (Lipinski definition) is 3. The summed E-state index contributed by atoms with van der Waals surface area (Å²) in [7, 11) is 3.05. The third-order valence-electron chi connectivity index (χ3n) is 3.27. The van der Waals surface area contributed by atoms with E-state index in [4.69, 9.17) is 0 Å². The Balaban J connectivity index is 1.96. The molecule has 1 fully saturated rings. The lowest BCUT2D eigenvalue weighted by Gasteiger charge is -2.23. The third kappa shape index (κ3) is 2.32. The van der Waals surface area contributed by atoms with E-state index in [-0.39, 0.29) is 18.2 Å². The Hall–Kier alpha value is -1.98. The van der Waals surface area contributed by atoms with Crippen LogP contribution in [0.15, 0.2) is 24.5 Å². The molecule has 0 aliphatic carbocycles. The molecule has 2 heterocycles. The Morgan fingerprint density at radius 3 is 2.61 bits per heavy atom. The maximum Gasteiger partial charge on any atom is 0.409 e. The zero-order valence-corrected chi connectivity index (χ0v) is 10.6. The lowest BCUT2D eigenvalue weighted by atomic mass is 10.2. The highest BCUT2D eigenvalue weighted by molar-refractivity contribution is 5.77.